The van der Waals surface area contributed by atoms with E-state index in [9.17, 15) is 9.59 Å². The molecule has 7 nitrogen and oxygen atoms in total. The number of cyclic esters (lactones) is 1. The first-order valence-corrected chi connectivity index (χ1v) is 8.76. The van der Waals surface area contributed by atoms with Gasteiger partial charge in [0.25, 0.3) is 0 Å². The number of amides is 2. The van der Waals surface area contributed by atoms with Crippen LogP contribution in [0.4, 0.5) is 15.6 Å². The lowest BCUT2D eigenvalue weighted by molar-refractivity contribution is -0.125. The van der Waals surface area contributed by atoms with Crippen molar-refractivity contribution in [3.63, 3.8) is 0 Å². The highest BCUT2D eigenvalue weighted by Crippen LogP contribution is 2.28. The number of halogens is 1. The van der Waals surface area contributed by atoms with E-state index >= 15 is 0 Å². The zero-order chi connectivity index (χ0) is 16.2. The molecule has 10 heteroatoms. The highest BCUT2D eigenvalue weighted by molar-refractivity contribution is 8.01. The number of nitrogens with one attached hydrogen (secondary N) is 1. The van der Waals surface area contributed by atoms with Crippen LogP contribution in [-0.2, 0) is 9.53 Å². The second-order valence-corrected chi connectivity index (χ2v) is 7.09. The molecule has 1 aliphatic heterocycles. The lowest BCUT2D eigenvalue weighted by Gasteiger charge is -2.08. The van der Waals surface area contributed by atoms with Crippen molar-refractivity contribution < 1.29 is 14.3 Å². The molecule has 0 unspecified atom stereocenters. The van der Waals surface area contributed by atoms with Crippen molar-refractivity contribution >= 4 is 57.5 Å². The van der Waals surface area contributed by atoms with Gasteiger partial charge >= 0.3 is 6.09 Å². The molecular weight excluding hydrogens is 360 g/mol. The van der Waals surface area contributed by atoms with Crippen LogP contribution in [0.5, 0.6) is 0 Å². The number of hydrogen-bond donors (Lipinski definition) is 1. The Labute approximate surface area is 145 Å². The average molecular weight is 371 g/mol. The van der Waals surface area contributed by atoms with Gasteiger partial charge in [-0.3, -0.25) is 4.79 Å². The highest BCUT2D eigenvalue weighted by Gasteiger charge is 2.28. The standard InChI is InChI=1S/C13H11ClN4O3S2/c14-8-2-1-3-9(6-8)15-11-16-17-12(23-11)22-7-10(19)18-4-5-21-13(18)20/h1-3,6H,4-5,7H2,(H,15,16). The first-order chi connectivity index (χ1) is 11.1. The summed E-state index contributed by atoms with van der Waals surface area (Å²) in [5, 5.41) is 12.3. The smallest absolute Gasteiger partial charge is 0.416 e. The van der Waals surface area contributed by atoms with E-state index in [1.165, 1.54) is 23.1 Å². The second-order valence-electron chi connectivity index (χ2n) is 4.46. The minimum absolute atomic E-state index is 0.112. The van der Waals surface area contributed by atoms with Crippen molar-refractivity contribution in [1.82, 2.24) is 15.1 Å². The van der Waals surface area contributed by atoms with Crippen molar-refractivity contribution in [2.75, 3.05) is 24.2 Å². The molecule has 1 aromatic heterocycles. The van der Waals surface area contributed by atoms with Gasteiger partial charge in [-0.2, -0.15) is 0 Å². The second kappa shape index (κ2) is 7.16. The third-order valence-electron chi connectivity index (χ3n) is 2.86. The van der Waals surface area contributed by atoms with Gasteiger partial charge in [0.1, 0.15) is 6.61 Å². The van der Waals surface area contributed by atoms with Gasteiger partial charge in [-0.25, -0.2) is 9.69 Å². The van der Waals surface area contributed by atoms with Crippen molar-refractivity contribution in [3.05, 3.63) is 29.3 Å². The lowest BCUT2D eigenvalue weighted by Crippen LogP contribution is -2.32. The van der Waals surface area contributed by atoms with Gasteiger partial charge in [-0.1, -0.05) is 40.8 Å². The van der Waals surface area contributed by atoms with Gasteiger partial charge < -0.3 is 10.1 Å². The zero-order valence-corrected chi connectivity index (χ0v) is 14.1. The van der Waals surface area contributed by atoms with Crippen molar-refractivity contribution in [3.8, 4) is 0 Å². The van der Waals surface area contributed by atoms with E-state index in [0.717, 1.165) is 10.6 Å². The molecule has 0 spiro atoms. The van der Waals surface area contributed by atoms with Crippen LogP contribution in [0.3, 0.4) is 0 Å². The molecule has 0 radical (unpaired) electrons. The Morgan fingerprint density at radius 3 is 3.09 bits per heavy atom. The molecule has 1 aromatic carbocycles. The van der Waals surface area contributed by atoms with Crippen molar-refractivity contribution in [2.45, 2.75) is 4.34 Å². The normalized spacial score (nSPS) is 14.0. The molecule has 120 valence electrons. The van der Waals surface area contributed by atoms with E-state index in [4.69, 9.17) is 16.3 Å². The molecule has 1 saturated heterocycles. The van der Waals surface area contributed by atoms with Crippen molar-refractivity contribution in [2.24, 2.45) is 0 Å². The number of ether oxygens (including phenoxy) is 1. The quantitative estimate of drug-likeness (QED) is 0.810. The maximum Gasteiger partial charge on any atom is 0.416 e. The number of thioether (sulfide) groups is 1. The van der Waals surface area contributed by atoms with Crippen LogP contribution in [0, 0.1) is 0 Å². The molecule has 1 aliphatic rings. The van der Waals surface area contributed by atoms with E-state index in [2.05, 4.69) is 15.5 Å². The molecule has 1 fully saturated rings. The number of carbonyl (C=O) groups excluding carboxylic acids is 2. The molecule has 2 heterocycles. The molecule has 3 rings (SSSR count). The number of aromatic nitrogens is 2. The number of nitrogens with zero attached hydrogens (tertiary/aromatic N) is 3. The minimum Gasteiger partial charge on any atom is -0.447 e. The Hall–Kier alpha value is -1.84. The Kier molecular flexibility index (Phi) is 4.99. The number of anilines is 2. The van der Waals surface area contributed by atoms with E-state index in [1.807, 2.05) is 12.1 Å². The number of benzene rings is 1. The summed E-state index contributed by atoms with van der Waals surface area (Å²) in [5.41, 5.74) is 0.807. The first-order valence-electron chi connectivity index (χ1n) is 6.58. The SMILES string of the molecule is O=C(CSc1nnc(Nc2cccc(Cl)c2)s1)N1CCOC1=O. The summed E-state index contributed by atoms with van der Waals surface area (Å²) in [6, 6.07) is 7.25. The fraction of sp³-hybridized carbons (Fsp3) is 0.231. The maximum atomic E-state index is 11.9. The third kappa shape index (κ3) is 4.12. The van der Waals surface area contributed by atoms with Crippen LogP contribution < -0.4 is 5.32 Å². The van der Waals surface area contributed by atoms with Gasteiger partial charge in [-0.15, -0.1) is 10.2 Å². The van der Waals surface area contributed by atoms with Crippen LogP contribution in [-0.4, -0.2) is 46.0 Å². The Morgan fingerprint density at radius 1 is 1.48 bits per heavy atom. The third-order valence-corrected chi connectivity index (χ3v) is 5.06. The van der Waals surface area contributed by atoms with E-state index in [1.54, 1.807) is 12.1 Å². The van der Waals surface area contributed by atoms with Gasteiger partial charge in [-0.05, 0) is 18.2 Å². The van der Waals surface area contributed by atoms with Crippen molar-refractivity contribution in [1.29, 1.82) is 0 Å². The Morgan fingerprint density at radius 2 is 2.35 bits per heavy atom. The fourth-order valence-corrected chi connectivity index (χ4v) is 3.67. The fourth-order valence-electron chi connectivity index (χ4n) is 1.83. The largest absolute Gasteiger partial charge is 0.447 e. The topological polar surface area (TPSA) is 84.4 Å². The van der Waals surface area contributed by atoms with Gasteiger partial charge in [0.2, 0.25) is 11.0 Å². The van der Waals surface area contributed by atoms with Crippen LogP contribution in [0.1, 0.15) is 0 Å². The summed E-state index contributed by atoms with van der Waals surface area (Å²) in [5.74, 6) is -0.182. The van der Waals surface area contributed by atoms with Gasteiger partial charge in [0.05, 0.1) is 12.3 Å². The number of hydrogen-bond acceptors (Lipinski definition) is 8. The summed E-state index contributed by atoms with van der Waals surface area (Å²) in [6.07, 6.45) is -0.587. The molecule has 23 heavy (non-hydrogen) atoms. The molecule has 1 N–H and O–H groups in total. The van der Waals surface area contributed by atoms with Gasteiger partial charge in [0.15, 0.2) is 4.34 Å². The van der Waals surface area contributed by atoms with Crippen LogP contribution >= 0.6 is 34.7 Å². The summed E-state index contributed by atoms with van der Waals surface area (Å²) < 4.78 is 5.36. The summed E-state index contributed by atoms with van der Waals surface area (Å²) in [6.45, 7) is 0.553. The summed E-state index contributed by atoms with van der Waals surface area (Å²) in [4.78, 5) is 24.3. The van der Waals surface area contributed by atoms with E-state index < -0.39 is 6.09 Å². The van der Waals surface area contributed by atoms with Crippen LogP contribution in [0.2, 0.25) is 5.02 Å². The first kappa shape index (κ1) is 16.0. The zero-order valence-electron chi connectivity index (χ0n) is 11.7. The molecule has 0 atom stereocenters. The molecular formula is C13H11ClN4O3S2. The molecule has 2 amide bonds. The Bertz CT molecular complexity index is 740. The lowest BCUT2D eigenvalue weighted by atomic mass is 10.3. The minimum atomic E-state index is -0.587. The maximum absolute atomic E-state index is 11.9. The van der Waals surface area contributed by atoms with Crippen LogP contribution in [0.25, 0.3) is 0 Å². The van der Waals surface area contributed by atoms with Gasteiger partial charge in [0, 0.05) is 10.7 Å². The highest BCUT2D eigenvalue weighted by atomic mass is 35.5. The molecule has 0 bridgehead atoms. The summed E-state index contributed by atoms with van der Waals surface area (Å²) in [7, 11) is 0. The number of rotatable bonds is 5. The molecule has 0 aliphatic carbocycles. The summed E-state index contributed by atoms with van der Waals surface area (Å²) >= 11 is 8.47. The predicted molar refractivity (Wildman–Crippen MR) is 88.4 cm³/mol. The van der Waals surface area contributed by atoms with E-state index in [-0.39, 0.29) is 18.3 Å². The van der Waals surface area contributed by atoms with E-state index in [0.29, 0.717) is 21.0 Å². The van der Waals surface area contributed by atoms with Crippen LogP contribution in [0.15, 0.2) is 28.6 Å². The number of imide groups is 1. The number of carbonyl (C=O) groups is 2. The Balaban J connectivity index is 1.55. The average Bonchev–Trinajstić information content (AvgIpc) is 3.14. The predicted octanol–water partition coefficient (Wildman–Crippen LogP) is 3.01. The molecule has 0 saturated carbocycles. The monoisotopic (exact) mass is 370 g/mol. The molecule has 2 aromatic rings.